The number of hydrogen-bond acceptors (Lipinski definition) is 1. The summed E-state index contributed by atoms with van der Waals surface area (Å²) in [4.78, 5) is 7.68. The standard InChI is InChI=1S/C23H22F3N3/c1-14(2)16(4)22(29-21-13-27-20-8-6-5-7-18(20)21)28-12-17-10-9-15(3)19(11-17)23(24,25)26/h5-11,13,27H,1,4,12H2,2-3H3,(H,28,29). The number of hydrogen-bond donors (Lipinski definition) is 2. The van der Waals surface area contributed by atoms with Gasteiger partial charge in [0.05, 0.1) is 17.8 Å². The van der Waals surface area contributed by atoms with Crippen molar-refractivity contribution in [3.8, 4) is 0 Å². The molecule has 150 valence electrons. The van der Waals surface area contributed by atoms with E-state index in [1.54, 1.807) is 6.07 Å². The van der Waals surface area contributed by atoms with Crippen molar-refractivity contribution in [2.24, 2.45) is 4.99 Å². The van der Waals surface area contributed by atoms with Crippen LogP contribution in [0.2, 0.25) is 0 Å². The van der Waals surface area contributed by atoms with E-state index >= 15 is 0 Å². The van der Waals surface area contributed by atoms with E-state index in [2.05, 4.69) is 28.5 Å². The van der Waals surface area contributed by atoms with Crippen molar-refractivity contribution in [1.82, 2.24) is 4.98 Å². The Kier molecular flexibility index (Phi) is 5.64. The minimum absolute atomic E-state index is 0.0837. The van der Waals surface area contributed by atoms with E-state index in [1.165, 1.54) is 13.0 Å². The lowest BCUT2D eigenvalue weighted by Gasteiger charge is -2.14. The number of rotatable bonds is 5. The van der Waals surface area contributed by atoms with Gasteiger partial charge in [0, 0.05) is 22.7 Å². The Hall–Kier alpha value is -3.28. The number of alkyl halides is 3. The highest BCUT2D eigenvalue weighted by Gasteiger charge is 2.32. The monoisotopic (exact) mass is 397 g/mol. The maximum atomic E-state index is 13.2. The predicted molar refractivity (Wildman–Crippen MR) is 113 cm³/mol. The summed E-state index contributed by atoms with van der Waals surface area (Å²) in [6, 6.07) is 12.0. The molecule has 2 aromatic carbocycles. The normalized spacial score (nSPS) is 12.2. The number of aliphatic imine (C=N–C) groups is 1. The smallest absolute Gasteiger partial charge is 0.359 e. The van der Waals surface area contributed by atoms with Gasteiger partial charge in [-0.05, 0) is 42.7 Å². The van der Waals surface area contributed by atoms with Crippen LogP contribution in [0.3, 0.4) is 0 Å². The number of para-hydroxylation sites is 1. The number of nitrogens with one attached hydrogen (secondary N) is 2. The average Bonchev–Trinajstić information content (AvgIpc) is 3.07. The number of halogens is 3. The highest BCUT2D eigenvalue weighted by molar-refractivity contribution is 6.13. The van der Waals surface area contributed by atoms with E-state index in [9.17, 15) is 13.2 Å². The molecule has 0 aliphatic carbocycles. The van der Waals surface area contributed by atoms with Gasteiger partial charge in [0.1, 0.15) is 5.84 Å². The van der Waals surface area contributed by atoms with Gasteiger partial charge in [-0.3, -0.25) is 4.99 Å². The number of aromatic nitrogens is 1. The Morgan fingerprint density at radius 1 is 1.14 bits per heavy atom. The summed E-state index contributed by atoms with van der Waals surface area (Å²) in [5, 5.41) is 4.22. The van der Waals surface area contributed by atoms with Crippen LogP contribution in [0.1, 0.15) is 23.6 Å². The van der Waals surface area contributed by atoms with Crippen LogP contribution in [0.15, 0.2) is 78.0 Å². The van der Waals surface area contributed by atoms with E-state index in [0.29, 0.717) is 17.0 Å². The first-order chi connectivity index (χ1) is 13.7. The Labute approximate surface area is 167 Å². The van der Waals surface area contributed by atoms with Crippen LogP contribution < -0.4 is 5.32 Å². The van der Waals surface area contributed by atoms with E-state index in [-0.39, 0.29) is 12.1 Å². The highest BCUT2D eigenvalue weighted by atomic mass is 19.4. The number of aryl methyl sites for hydroxylation is 1. The lowest BCUT2D eigenvalue weighted by Crippen LogP contribution is -2.15. The van der Waals surface area contributed by atoms with Crippen LogP contribution in [0, 0.1) is 6.92 Å². The average molecular weight is 397 g/mol. The second kappa shape index (κ2) is 7.99. The first-order valence-electron chi connectivity index (χ1n) is 9.06. The molecule has 0 saturated heterocycles. The van der Waals surface area contributed by atoms with E-state index < -0.39 is 11.7 Å². The topological polar surface area (TPSA) is 40.2 Å². The Balaban J connectivity index is 1.92. The van der Waals surface area contributed by atoms with Crippen LogP contribution in [0.5, 0.6) is 0 Å². The number of amidine groups is 1. The maximum absolute atomic E-state index is 13.2. The fourth-order valence-corrected chi connectivity index (χ4v) is 2.96. The molecule has 0 fully saturated rings. The quantitative estimate of drug-likeness (QED) is 0.283. The van der Waals surface area contributed by atoms with Crippen molar-refractivity contribution in [3.05, 3.63) is 89.7 Å². The Morgan fingerprint density at radius 3 is 2.55 bits per heavy atom. The molecule has 3 aromatic rings. The molecular weight excluding hydrogens is 375 g/mol. The molecule has 0 spiro atoms. The molecule has 3 nitrogen and oxygen atoms in total. The van der Waals surface area contributed by atoms with Crippen LogP contribution in [-0.2, 0) is 12.7 Å². The third-order valence-corrected chi connectivity index (χ3v) is 4.67. The third-order valence-electron chi connectivity index (χ3n) is 4.67. The molecule has 6 heteroatoms. The molecule has 0 radical (unpaired) electrons. The molecule has 1 heterocycles. The fraction of sp³-hybridized carbons (Fsp3) is 0.174. The second-order valence-electron chi connectivity index (χ2n) is 6.94. The van der Waals surface area contributed by atoms with E-state index in [0.717, 1.165) is 28.2 Å². The first-order valence-corrected chi connectivity index (χ1v) is 9.06. The maximum Gasteiger partial charge on any atom is 0.416 e. The highest BCUT2D eigenvalue weighted by Crippen LogP contribution is 2.32. The van der Waals surface area contributed by atoms with Gasteiger partial charge >= 0.3 is 6.18 Å². The number of anilines is 1. The largest absolute Gasteiger partial charge is 0.416 e. The third kappa shape index (κ3) is 4.59. The van der Waals surface area contributed by atoms with Crippen molar-refractivity contribution in [1.29, 1.82) is 0 Å². The van der Waals surface area contributed by atoms with Gasteiger partial charge in [-0.15, -0.1) is 0 Å². The molecule has 0 bridgehead atoms. The number of benzene rings is 2. The number of aromatic amines is 1. The molecule has 0 saturated carbocycles. The molecule has 0 aliphatic heterocycles. The van der Waals surface area contributed by atoms with Crippen LogP contribution in [0.25, 0.3) is 10.9 Å². The molecule has 3 rings (SSSR count). The van der Waals surface area contributed by atoms with Crippen molar-refractivity contribution < 1.29 is 13.2 Å². The van der Waals surface area contributed by atoms with E-state index in [1.807, 2.05) is 37.4 Å². The zero-order valence-corrected chi connectivity index (χ0v) is 16.3. The second-order valence-corrected chi connectivity index (χ2v) is 6.94. The molecule has 0 aliphatic rings. The summed E-state index contributed by atoms with van der Waals surface area (Å²) in [6.45, 7) is 11.3. The SMILES string of the molecule is C=C(C)C(=C)C(=NCc1ccc(C)c(C(F)(F)F)c1)Nc1c[nH]c2ccccc12. The number of nitrogens with zero attached hydrogens (tertiary/aromatic N) is 1. The van der Waals surface area contributed by atoms with Crippen molar-refractivity contribution in [2.45, 2.75) is 26.6 Å². The van der Waals surface area contributed by atoms with Gasteiger partial charge in [0.25, 0.3) is 0 Å². The van der Waals surface area contributed by atoms with Crippen LogP contribution in [0.4, 0.5) is 18.9 Å². The summed E-state index contributed by atoms with van der Waals surface area (Å²) in [5.74, 6) is 0.469. The van der Waals surface area contributed by atoms with Crippen molar-refractivity contribution >= 4 is 22.4 Å². The molecule has 0 atom stereocenters. The van der Waals surface area contributed by atoms with Gasteiger partial charge in [-0.25, -0.2) is 0 Å². The zero-order chi connectivity index (χ0) is 21.2. The number of H-pyrrole nitrogens is 1. The zero-order valence-electron chi connectivity index (χ0n) is 16.3. The molecule has 2 N–H and O–H groups in total. The van der Waals surface area contributed by atoms with Gasteiger partial charge in [-0.1, -0.05) is 43.5 Å². The summed E-state index contributed by atoms with van der Waals surface area (Å²) in [7, 11) is 0. The lowest BCUT2D eigenvalue weighted by molar-refractivity contribution is -0.138. The van der Waals surface area contributed by atoms with Gasteiger partial charge in [0.2, 0.25) is 0 Å². The Bertz CT molecular complexity index is 1100. The lowest BCUT2D eigenvalue weighted by atomic mass is 10.0. The summed E-state index contributed by atoms with van der Waals surface area (Å²) >= 11 is 0. The fourth-order valence-electron chi connectivity index (χ4n) is 2.96. The first kappa shape index (κ1) is 20.5. The number of fused-ring (bicyclic) bond motifs is 1. The Morgan fingerprint density at radius 2 is 1.86 bits per heavy atom. The minimum atomic E-state index is -4.39. The van der Waals surface area contributed by atoms with Gasteiger partial charge < -0.3 is 10.3 Å². The molecule has 29 heavy (non-hydrogen) atoms. The molecule has 1 aromatic heterocycles. The van der Waals surface area contributed by atoms with Gasteiger partial charge in [0.15, 0.2) is 0 Å². The summed E-state index contributed by atoms with van der Waals surface area (Å²) < 4.78 is 39.6. The van der Waals surface area contributed by atoms with Crippen molar-refractivity contribution in [2.75, 3.05) is 5.32 Å². The van der Waals surface area contributed by atoms with Gasteiger partial charge in [-0.2, -0.15) is 13.2 Å². The molecule has 0 unspecified atom stereocenters. The minimum Gasteiger partial charge on any atom is -0.359 e. The summed E-state index contributed by atoms with van der Waals surface area (Å²) in [6.07, 6.45) is -2.57. The van der Waals surface area contributed by atoms with Crippen LogP contribution >= 0.6 is 0 Å². The predicted octanol–water partition coefficient (Wildman–Crippen LogP) is 6.64. The van der Waals surface area contributed by atoms with E-state index in [4.69, 9.17) is 0 Å². The summed E-state index contributed by atoms with van der Waals surface area (Å²) in [5.41, 5.74) is 3.10. The molecule has 0 amide bonds. The van der Waals surface area contributed by atoms with Crippen molar-refractivity contribution in [3.63, 3.8) is 0 Å². The van der Waals surface area contributed by atoms with Crippen LogP contribution in [-0.4, -0.2) is 10.8 Å². The molecular formula is C23H22F3N3.